The number of anilines is 2. The molecule has 3 atom stereocenters. The molecule has 0 bridgehead atoms. The number of halogens is 2. The number of ether oxygens (including phenoxy) is 4. The van der Waals surface area contributed by atoms with Gasteiger partial charge in [0.05, 0.1) is 54.2 Å². The largest absolute Gasteiger partial charge is 0.466 e. The van der Waals surface area contributed by atoms with Gasteiger partial charge in [0.25, 0.3) is 11.8 Å². The summed E-state index contributed by atoms with van der Waals surface area (Å²) in [4.78, 5) is 78.5. The highest BCUT2D eigenvalue weighted by atomic mass is 19.1. The van der Waals surface area contributed by atoms with E-state index >= 15 is 0 Å². The van der Waals surface area contributed by atoms with Crippen LogP contribution in [0, 0.1) is 11.6 Å². The molecule has 1 saturated heterocycles. The molecule has 0 spiro atoms. The van der Waals surface area contributed by atoms with Gasteiger partial charge in [-0.3, -0.25) is 28.8 Å². The minimum Gasteiger partial charge on any atom is -0.466 e. The van der Waals surface area contributed by atoms with Gasteiger partial charge in [0.15, 0.2) is 12.1 Å². The number of rotatable bonds is 24. The van der Waals surface area contributed by atoms with Crippen molar-refractivity contribution in [2.75, 3.05) is 17.2 Å². The smallest absolute Gasteiger partial charge is 0.313 e. The topological polar surface area (TPSA) is 173 Å². The van der Waals surface area contributed by atoms with Crippen molar-refractivity contribution >= 4 is 46.7 Å². The summed E-state index contributed by atoms with van der Waals surface area (Å²) in [5.41, 5.74) is 10.2. The van der Waals surface area contributed by atoms with E-state index in [-0.39, 0.29) is 73.3 Å². The SMILES string of the molecule is CC(C)c1c(C(=O)Nc2ccccc2)c(-c2ccccc2)c(-c2ccc(F)cc2)n1CC[C@@H]1C[C@H](CC(=O)OC(C)(C)C)O[C@H](c2ccccc2)O1.CCOC(=O)CC(=O)CC(=O)CCn1c(-c2ccc(F)cc2)c(-c2ccccc2)c(C(=O)Nc2ccccc2)c1C(C)C. The van der Waals surface area contributed by atoms with Crippen molar-refractivity contribution in [2.45, 2.75) is 143 Å². The Bertz CT molecular complexity index is 4070. The summed E-state index contributed by atoms with van der Waals surface area (Å²) >= 11 is 0. The van der Waals surface area contributed by atoms with Crippen molar-refractivity contribution in [3.63, 3.8) is 0 Å². The summed E-state index contributed by atoms with van der Waals surface area (Å²) in [7, 11) is 0. The van der Waals surface area contributed by atoms with E-state index in [1.807, 2.05) is 179 Å². The van der Waals surface area contributed by atoms with E-state index in [1.165, 1.54) is 24.3 Å². The Morgan fingerprint density at radius 3 is 1.37 bits per heavy atom. The van der Waals surface area contributed by atoms with E-state index in [2.05, 4.69) is 29.0 Å². The molecule has 16 heteroatoms. The van der Waals surface area contributed by atoms with Crippen LogP contribution in [0.4, 0.5) is 20.2 Å². The first-order chi connectivity index (χ1) is 45.7. The fourth-order valence-electron chi connectivity index (χ4n) is 12.1. The number of amides is 2. The van der Waals surface area contributed by atoms with Crippen LogP contribution in [0.15, 0.2) is 200 Å². The van der Waals surface area contributed by atoms with Crippen molar-refractivity contribution in [3.05, 3.63) is 240 Å². The average molecular weight is 1290 g/mol. The summed E-state index contributed by atoms with van der Waals surface area (Å²) in [5, 5.41) is 6.15. The number of benzene rings is 7. The summed E-state index contributed by atoms with van der Waals surface area (Å²) in [6.45, 7) is 16.1. The Kier molecular flexibility index (Phi) is 23.6. The van der Waals surface area contributed by atoms with Crippen molar-refractivity contribution in [1.29, 1.82) is 0 Å². The highest BCUT2D eigenvalue weighted by molar-refractivity contribution is 6.14. The maximum Gasteiger partial charge on any atom is 0.313 e. The van der Waals surface area contributed by atoms with Gasteiger partial charge in [-0.1, -0.05) is 155 Å². The van der Waals surface area contributed by atoms with Crippen LogP contribution in [-0.2, 0) is 51.2 Å². The fourth-order valence-corrected chi connectivity index (χ4v) is 12.1. The molecule has 0 unspecified atom stereocenters. The Labute approximate surface area is 554 Å². The number of hydrogen-bond acceptors (Lipinski definition) is 10. The quantitative estimate of drug-likeness (QED) is 0.0438. The molecular weight excluding hydrogens is 1200 g/mol. The lowest BCUT2D eigenvalue weighted by Gasteiger charge is -2.36. The molecule has 3 heterocycles. The van der Waals surface area contributed by atoms with Gasteiger partial charge in [-0.25, -0.2) is 8.78 Å². The minimum atomic E-state index is -0.662. The summed E-state index contributed by atoms with van der Waals surface area (Å²) < 4.78 is 56.0. The van der Waals surface area contributed by atoms with E-state index in [0.717, 1.165) is 39.2 Å². The van der Waals surface area contributed by atoms with Crippen LogP contribution >= 0.6 is 0 Å². The van der Waals surface area contributed by atoms with Gasteiger partial charge in [0.1, 0.15) is 29.4 Å². The Hall–Kier alpha value is -9.90. The van der Waals surface area contributed by atoms with Crippen molar-refractivity contribution in [1.82, 2.24) is 9.13 Å². The lowest BCUT2D eigenvalue weighted by Crippen LogP contribution is -2.37. The summed E-state index contributed by atoms with van der Waals surface area (Å²) in [5.74, 6) is -3.30. The number of Topliss-reactive ketones (excluding diaryl/α,β-unsaturated/α-hetero) is 2. The first-order valence-corrected chi connectivity index (χ1v) is 32.3. The molecule has 0 radical (unpaired) electrons. The zero-order valence-electron chi connectivity index (χ0n) is 55.0. The molecule has 9 aromatic rings. The van der Waals surface area contributed by atoms with E-state index in [4.69, 9.17) is 18.9 Å². The molecule has 7 aromatic carbocycles. The van der Waals surface area contributed by atoms with Crippen LogP contribution in [0.1, 0.15) is 150 Å². The Balaban J connectivity index is 0.000000228. The van der Waals surface area contributed by atoms with Crippen LogP contribution in [0.2, 0.25) is 0 Å². The first-order valence-electron chi connectivity index (χ1n) is 32.3. The van der Waals surface area contributed by atoms with Gasteiger partial charge < -0.3 is 38.7 Å². The fraction of sp³-hybridized carbons (Fsp3) is 0.291. The monoisotopic (exact) mass is 1280 g/mol. The third-order valence-electron chi connectivity index (χ3n) is 16.0. The predicted octanol–water partition coefficient (Wildman–Crippen LogP) is 17.5. The van der Waals surface area contributed by atoms with Gasteiger partial charge in [0, 0.05) is 65.4 Å². The second-order valence-electron chi connectivity index (χ2n) is 25.0. The normalized spacial score (nSPS) is 14.5. The van der Waals surface area contributed by atoms with Gasteiger partial charge in [-0.15, -0.1) is 0 Å². The summed E-state index contributed by atoms with van der Waals surface area (Å²) in [6.07, 6.45) is -1.07. The minimum absolute atomic E-state index is 0.00880. The molecule has 2 aromatic heterocycles. The lowest BCUT2D eigenvalue weighted by atomic mass is 9.94. The first kappa shape index (κ1) is 69.4. The molecule has 492 valence electrons. The van der Waals surface area contributed by atoms with E-state index in [1.54, 1.807) is 43.3 Å². The number of hydrogen-bond donors (Lipinski definition) is 2. The van der Waals surface area contributed by atoms with Gasteiger partial charge in [0.2, 0.25) is 0 Å². The standard InChI is InChI=1S/C44H47FN2O5.C35H35FN2O5/c1-29(2)40-39(42(49)46-34-19-13-8-14-20-34)38(30-15-9-6-10-16-30)41(31-21-23-33(45)24-22-31)47(40)26-25-35-27-36(28-37(48)52-44(3,4)5)51-43(50-35)32-17-11-7-12-18-32;1-4-43-30(41)22-29(40)21-28(39)19-20-38-33(23(2)3)32(35(42)37-27-13-9-6-10-14-27)31(24-11-7-5-8-12-24)34(38)25-15-17-26(36)18-16-25/h6-24,29,35-36,43H,25-28H2,1-5H3,(H,46,49);5-18,23H,4,19-22H2,1-3H3,(H,37,42)/t35-,36-,43-;/m1./s1. The van der Waals surface area contributed by atoms with Crippen molar-refractivity contribution in [3.8, 4) is 44.8 Å². The maximum atomic E-state index is 14.5. The van der Waals surface area contributed by atoms with Crippen molar-refractivity contribution < 1.29 is 56.5 Å². The number of para-hydroxylation sites is 2. The number of aromatic nitrogens is 2. The average Bonchev–Trinajstić information content (AvgIpc) is 1.60. The number of ketones is 2. The molecular formula is C79H82F2N4O10. The van der Waals surface area contributed by atoms with E-state index in [0.29, 0.717) is 64.4 Å². The zero-order chi connectivity index (χ0) is 67.8. The molecule has 0 aliphatic carbocycles. The number of carbonyl (C=O) groups is 6. The molecule has 1 aliphatic rings. The van der Waals surface area contributed by atoms with Crippen LogP contribution in [0.5, 0.6) is 0 Å². The number of nitrogens with zero attached hydrogens (tertiary/aromatic N) is 2. The molecule has 2 N–H and O–H groups in total. The molecule has 2 amide bonds. The third-order valence-corrected chi connectivity index (χ3v) is 16.0. The molecule has 14 nitrogen and oxygen atoms in total. The van der Waals surface area contributed by atoms with Gasteiger partial charge in [-0.05, 0) is 141 Å². The van der Waals surface area contributed by atoms with E-state index in [9.17, 15) is 37.5 Å². The second-order valence-corrected chi connectivity index (χ2v) is 25.0. The second kappa shape index (κ2) is 32.3. The molecule has 1 fully saturated rings. The lowest BCUT2D eigenvalue weighted by molar-refractivity contribution is -0.251. The molecule has 1 aliphatic heterocycles. The molecule has 0 saturated carbocycles. The molecule has 95 heavy (non-hydrogen) atoms. The highest BCUT2D eigenvalue weighted by Crippen LogP contribution is 2.45. The van der Waals surface area contributed by atoms with Crippen LogP contribution < -0.4 is 10.6 Å². The zero-order valence-corrected chi connectivity index (χ0v) is 55.0. The number of carbonyl (C=O) groups excluding carboxylic acids is 6. The van der Waals surface area contributed by atoms with Crippen molar-refractivity contribution in [2.24, 2.45) is 0 Å². The number of nitrogens with one attached hydrogen (secondary N) is 2. The Morgan fingerprint density at radius 1 is 0.516 bits per heavy atom. The van der Waals surface area contributed by atoms with Gasteiger partial charge in [-0.2, -0.15) is 0 Å². The molecule has 10 rings (SSSR count). The highest BCUT2D eigenvalue weighted by Gasteiger charge is 2.37. The predicted molar refractivity (Wildman–Crippen MR) is 367 cm³/mol. The van der Waals surface area contributed by atoms with Crippen LogP contribution in [-0.4, -0.2) is 68.9 Å². The third kappa shape index (κ3) is 18.3. The van der Waals surface area contributed by atoms with Gasteiger partial charge >= 0.3 is 11.9 Å². The van der Waals surface area contributed by atoms with Crippen LogP contribution in [0.3, 0.4) is 0 Å². The van der Waals surface area contributed by atoms with E-state index < -0.39 is 48.4 Å². The summed E-state index contributed by atoms with van der Waals surface area (Å²) in [6, 6.07) is 60.1. The number of esters is 2. The Morgan fingerprint density at radius 2 is 0.937 bits per heavy atom. The maximum absolute atomic E-state index is 14.5. The van der Waals surface area contributed by atoms with Crippen LogP contribution in [0.25, 0.3) is 44.8 Å².